The second-order valence-corrected chi connectivity index (χ2v) is 27.7. The Morgan fingerprint density at radius 3 is 2.22 bits per heavy atom. The standard InChI is InChI=1S/C53H52N16O13P2S2/c1-27(70)66-20-30-6-2-3-7-33(30)43-38(34-8-4-5-9-35(34)66)62-65-69(43)18-19-77-31-16-12-29(13-17-31)52(74)80-32-14-10-28(11-15-32)23-86-84(76)64-40-36(81-51(45(40)72)68-26-59-42-48(68)60-53(55)61-49(42)73)21-78-83(75,85)63-39-37(22-79-84)82-50(44(39)71)67-25-58-41-46(54)56-24-57-47(41)67/h2-17,24-26,36-37,39-40,44-45,50-51,71-72H,18-23H2,1H3,(H,64,76)(H2,54,56,57)(H2,63,75,85)(H3,55,60,61,73)/t36-,37-,39+,40-,44-,45-,50-,51-,83?,84+/m1/s1. The number of para-hydroxylation sites is 1. The molecule has 29 nitrogen and oxygen atoms in total. The number of aliphatic hydroxyl groups excluding tert-OH is 2. The van der Waals surface area contributed by atoms with Gasteiger partial charge in [0, 0.05) is 23.8 Å². The number of nitrogens with zero attached hydrogens (tertiary/aromatic N) is 11. The fourth-order valence-electron chi connectivity index (χ4n) is 10.8. The molecule has 0 bridgehead atoms. The van der Waals surface area contributed by atoms with Gasteiger partial charge in [-0.05, 0) is 76.8 Å². The van der Waals surface area contributed by atoms with Gasteiger partial charge in [0.25, 0.3) is 12.2 Å². The molecule has 10 atom stereocenters. The van der Waals surface area contributed by atoms with Crippen molar-refractivity contribution in [1.82, 2.24) is 64.2 Å². The molecule has 4 aromatic carbocycles. The number of carbonyl (C=O) groups excluding carboxylic acids is 2. The van der Waals surface area contributed by atoms with Crippen molar-refractivity contribution in [2.75, 3.05) is 36.2 Å². The maximum Gasteiger partial charge on any atom is 0.343 e. The van der Waals surface area contributed by atoms with Gasteiger partial charge in [0.05, 0.1) is 68.0 Å². The highest BCUT2D eigenvalue weighted by molar-refractivity contribution is 8.55. The number of H-pyrrole nitrogens is 1. The number of nitrogen functional groups attached to an aromatic ring is 2. The number of aliphatic hydroxyl groups is 2. The molecule has 9 aromatic rings. The number of carbonyl (C=O) groups is 2. The molecule has 0 spiro atoms. The van der Waals surface area contributed by atoms with Crippen LogP contribution in [0, 0.1) is 0 Å². The molecule has 9 heterocycles. The number of esters is 1. The van der Waals surface area contributed by atoms with Crippen LogP contribution >= 0.6 is 24.7 Å². The van der Waals surface area contributed by atoms with E-state index in [1.165, 1.54) is 28.1 Å². The van der Waals surface area contributed by atoms with Crippen LogP contribution < -0.4 is 41.6 Å². The van der Waals surface area contributed by atoms with Crippen LogP contribution in [0.3, 0.4) is 0 Å². The number of hydrogen-bond donors (Lipinski definition) is 8. The number of nitrogens with two attached hydrogens (primary N) is 2. The molecule has 0 radical (unpaired) electrons. The second-order valence-electron chi connectivity index (χ2n) is 20.4. The summed E-state index contributed by atoms with van der Waals surface area (Å²) in [5.74, 6) is -0.106. The highest BCUT2D eigenvalue weighted by Crippen LogP contribution is 2.60. The minimum absolute atomic E-state index is 0.0203. The van der Waals surface area contributed by atoms with E-state index in [4.69, 9.17) is 51.3 Å². The summed E-state index contributed by atoms with van der Waals surface area (Å²) in [4.78, 5) is 75.6. The fraction of sp³-hybridized carbons (Fsp3) is 0.283. The van der Waals surface area contributed by atoms with Crippen LogP contribution in [0.4, 0.5) is 17.5 Å². The Bertz CT molecular complexity index is 4250. The Morgan fingerprint density at radius 2 is 1.48 bits per heavy atom. The molecule has 10 N–H and O–H groups in total. The van der Waals surface area contributed by atoms with E-state index in [1.807, 2.05) is 48.5 Å². The topological polar surface area (TPSA) is 384 Å². The van der Waals surface area contributed by atoms with Crippen LogP contribution in [0.2, 0.25) is 0 Å². The lowest BCUT2D eigenvalue weighted by molar-refractivity contribution is -0.116. The highest BCUT2D eigenvalue weighted by atomic mass is 32.7. The van der Waals surface area contributed by atoms with Crippen molar-refractivity contribution in [3.05, 3.63) is 143 Å². The quantitative estimate of drug-likeness (QED) is 0.0516. The Balaban J connectivity index is 0.692. The SMILES string of the molecule is CC(=O)N1Cc2ccccc2-c2c(nnn2CCOc2ccc(C(=O)Oc3ccc(CS[P@]4(=O)N[C@H]5[C@@H](O)[C@H](n6cnc7c(=O)[nH]c(N)nc76)O[C@@H]5COP(O)(=S)N[C@@H]5[C@@H](O)[C@H](n6cnc7c(N)ncnc76)O[C@@H]5CO4)cc3)cc2)-c2ccccc21. The average molecular weight is 1250 g/mol. The molecule has 1 unspecified atom stereocenters. The van der Waals surface area contributed by atoms with Crippen molar-refractivity contribution in [2.45, 2.75) is 74.7 Å². The van der Waals surface area contributed by atoms with Gasteiger partial charge in [-0.3, -0.25) is 28.3 Å². The molecule has 4 aliphatic rings. The largest absolute Gasteiger partial charge is 0.492 e. The van der Waals surface area contributed by atoms with Crippen molar-refractivity contribution < 1.29 is 57.3 Å². The van der Waals surface area contributed by atoms with E-state index >= 15 is 4.57 Å². The van der Waals surface area contributed by atoms with Crippen molar-refractivity contribution in [1.29, 1.82) is 0 Å². The van der Waals surface area contributed by atoms with Gasteiger partial charge in [0.2, 0.25) is 11.9 Å². The zero-order valence-electron chi connectivity index (χ0n) is 45.0. The van der Waals surface area contributed by atoms with Gasteiger partial charge in [0.1, 0.15) is 60.1 Å². The number of ether oxygens (including phenoxy) is 4. The van der Waals surface area contributed by atoms with Gasteiger partial charge in [-0.25, -0.2) is 39.6 Å². The third-order valence-electron chi connectivity index (χ3n) is 14.9. The van der Waals surface area contributed by atoms with Crippen LogP contribution in [0.15, 0.2) is 121 Å². The number of amides is 1. The molecular formula is C53H52N16O13P2S2. The van der Waals surface area contributed by atoms with Gasteiger partial charge in [-0.15, -0.1) is 5.10 Å². The van der Waals surface area contributed by atoms with Crippen molar-refractivity contribution in [2.24, 2.45) is 0 Å². The third kappa shape index (κ3) is 11.1. The summed E-state index contributed by atoms with van der Waals surface area (Å²) >= 11 is 6.40. The Kier molecular flexibility index (Phi) is 15.4. The summed E-state index contributed by atoms with van der Waals surface area (Å²) in [5.41, 5.74) is 17.4. The van der Waals surface area contributed by atoms with E-state index in [0.29, 0.717) is 30.1 Å². The number of benzene rings is 4. The molecular weight excluding hydrogens is 1190 g/mol. The first-order valence-corrected chi connectivity index (χ1v) is 32.5. The first-order chi connectivity index (χ1) is 41.5. The van der Waals surface area contributed by atoms with E-state index in [2.05, 4.69) is 50.4 Å². The van der Waals surface area contributed by atoms with Gasteiger partial charge in [-0.2, -0.15) is 4.98 Å². The van der Waals surface area contributed by atoms with Gasteiger partial charge in [0.15, 0.2) is 35.1 Å². The molecule has 3 saturated heterocycles. The molecule has 444 valence electrons. The molecule has 33 heteroatoms. The number of aromatic nitrogens is 11. The normalized spacial score (nSPS) is 25.6. The van der Waals surface area contributed by atoms with Gasteiger partial charge in [-0.1, -0.05) is 59.8 Å². The molecule has 86 heavy (non-hydrogen) atoms. The Hall–Kier alpha value is -7.87. The Labute approximate surface area is 495 Å². The third-order valence-corrected chi connectivity index (χ3v) is 20.6. The first kappa shape index (κ1) is 57.2. The summed E-state index contributed by atoms with van der Waals surface area (Å²) in [6.07, 6.45) is -4.13. The maximum atomic E-state index is 15.4. The lowest BCUT2D eigenvalue weighted by Gasteiger charge is -2.32. The number of aromatic amines is 1. The Morgan fingerprint density at radius 1 is 0.814 bits per heavy atom. The number of hydrogen-bond acceptors (Lipinski definition) is 23. The van der Waals surface area contributed by atoms with E-state index in [9.17, 15) is 29.5 Å². The molecule has 13 rings (SSSR count). The van der Waals surface area contributed by atoms with Crippen LogP contribution in [-0.4, -0.2) is 137 Å². The van der Waals surface area contributed by atoms with Crippen molar-refractivity contribution in [3.8, 4) is 34.0 Å². The lowest BCUT2D eigenvalue weighted by atomic mass is 9.95. The fourth-order valence-corrected chi connectivity index (χ4v) is 16.2. The summed E-state index contributed by atoms with van der Waals surface area (Å²) < 4.78 is 56.7. The number of rotatable bonds is 11. The zero-order valence-corrected chi connectivity index (χ0v) is 48.5. The van der Waals surface area contributed by atoms with Crippen LogP contribution in [-0.2, 0) is 58.5 Å². The van der Waals surface area contributed by atoms with Gasteiger partial charge >= 0.3 is 12.7 Å². The summed E-state index contributed by atoms with van der Waals surface area (Å²) in [6.45, 7) is -6.79. The molecule has 4 aliphatic heterocycles. The number of imidazole rings is 2. The van der Waals surface area contributed by atoms with Crippen LogP contribution in [0.1, 0.15) is 40.9 Å². The smallest absolute Gasteiger partial charge is 0.343 e. The monoisotopic (exact) mass is 1250 g/mol. The van der Waals surface area contributed by atoms with Crippen LogP contribution in [0.25, 0.3) is 44.8 Å². The number of nitrogens with one attached hydrogen (secondary N) is 3. The van der Waals surface area contributed by atoms with Crippen molar-refractivity contribution in [3.63, 3.8) is 0 Å². The van der Waals surface area contributed by atoms with E-state index in [1.54, 1.807) is 65.0 Å². The molecule has 1 amide bonds. The minimum Gasteiger partial charge on any atom is -0.492 e. The zero-order chi connectivity index (χ0) is 59.6. The maximum absolute atomic E-state index is 15.4. The van der Waals surface area contributed by atoms with E-state index in [-0.39, 0.29) is 63.7 Å². The summed E-state index contributed by atoms with van der Waals surface area (Å²) in [6, 6.07) is 26.0. The summed E-state index contributed by atoms with van der Waals surface area (Å²) in [7, 11) is 0. The molecule has 0 saturated carbocycles. The number of fused-ring (bicyclic) bond motifs is 9. The first-order valence-electron chi connectivity index (χ1n) is 26.7. The molecule has 3 fully saturated rings. The second kappa shape index (κ2) is 23.1. The molecule has 0 aliphatic carbocycles. The van der Waals surface area contributed by atoms with Crippen molar-refractivity contribution >= 4 is 88.2 Å². The van der Waals surface area contributed by atoms with Gasteiger partial charge < -0.3 is 59.5 Å². The number of anilines is 3. The lowest BCUT2D eigenvalue weighted by Crippen LogP contribution is -2.47. The van der Waals surface area contributed by atoms with E-state index < -0.39 is 87.1 Å². The predicted octanol–water partition coefficient (Wildman–Crippen LogP) is 3.95. The van der Waals surface area contributed by atoms with Crippen LogP contribution in [0.5, 0.6) is 11.5 Å². The molecule has 5 aromatic heterocycles. The summed E-state index contributed by atoms with van der Waals surface area (Å²) in [5, 5.41) is 38.8. The van der Waals surface area contributed by atoms with E-state index in [0.717, 1.165) is 39.5 Å². The predicted molar refractivity (Wildman–Crippen MR) is 314 cm³/mol. The minimum atomic E-state index is -4.25. The average Bonchev–Trinajstić information content (AvgIpc) is 1.93. The highest BCUT2D eigenvalue weighted by Gasteiger charge is 2.52.